The predicted octanol–water partition coefficient (Wildman–Crippen LogP) is 3.69. The number of rotatable bonds is 8. The third kappa shape index (κ3) is 6.78. The zero-order valence-electron chi connectivity index (χ0n) is 11.5. The quantitative estimate of drug-likeness (QED) is 0.634. The van der Waals surface area contributed by atoms with E-state index in [1.807, 2.05) is 0 Å². The molecular formula is C14H28BrNO. The number of hydrogen-bond donors (Lipinski definition) is 0. The van der Waals surface area contributed by atoms with Crippen LogP contribution in [0.5, 0.6) is 0 Å². The van der Waals surface area contributed by atoms with Crippen LogP contribution in [0.3, 0.4) is 0 Å². The van der Waals surface area contributed by atoms with Crippen molar-refractivity contribution in [3.63, 3.8) is 0 Å². The molecule has 0 aliphatic carbocycles. The topological polar surface area (TPSA) is 12.5 Å². The summed E-state index contributed by atoms with van der Waals surface area (Å²) < 4.78 is 5.87. The van der Waals surface area contributed by atoms with Crippen molar-refractivity contribution in [2.45, 2.75) is 52.1 Å². The number of halogens is 1. The molecule has 1 heterocycles. The Morgan fingerprint density at radius 2 is 2.24 bits per heavy atom. The average Bonchev–Trinajstić information content (AvgIpc) is 2.35. The molecule has 0 N–H and O–H groups in total. The molecular weight excluding hydrogens is 278 g/mol. The number of likely N-dealkylation sites (tertiary alicyclic amines) is 1. The Hall–Kier alpha value is 0.400. The largest absolute Gasteiger partial charge is 0.377 e. The molecule has 1 saturated heterocycles. The fourth-order valence-electron chi connectivity index (χ4n) is 2.37. The number of piperidine rings is 1. The zero-order valence-corrected chi connectivity index (χ0v) is 13.0. The summed E-state index contributed by atoms with van der Waals surface area (Å²) in [6.45, 7) is 9.14. The Morgan fingerprint density at radius 3 is 2.94 bits per heavy atom. The summed E-state index contributed by atoms with van der Waals surface area (Å²) in [5, 5.41) is 1.14. The van der Waals surface area contributed by atoms with Gasteiger partial charge >= 0.3 is 0 Å². The van der Waals surface area contributed by atoms with Gasteiger partial charge in [0.05, 0.1) is 6.10 Å². The third-order valence-corrected chi connectivity index (χ3v) is 4.02. The van der Waals surface area contributed by atoms with Crippen LogP contribution in [0.1, 0.15) is 46.0 Å². The van der Waals surface area contributed by atoms with Crippen molar-refractivity contribution in [3.05, 3.63) is 0 Å². The van der Waals surface area contributed by atoms with Crippen LogP contribution in [0, 0.1) is 5.92 Å². The van der Waals surface area contributed by atoms with Gasteiger partial charge in [0.1, 0.15) is 0 Å². The lowest BCUT2D eigenvalue weighted by atomic mass is 10.0. The van der Waals surface area contributed by atoms with Gasteiger partial charge in [0.25, 0.3) is 0 Å². The molecule has 0 aromatic carbocycles. The van der Waals surface area contributed by atoms with Crippen LogP contribution in [0.25, 0.3) is 0 Å². The van der Waals surface area contributed by atoms with E-state index in [1.165, 1.54) is 38.8 Å². The van der Waals surface area contributed by atoms with E-state index in [0.29, 0.717) is 6.10 Å². The SMILES string of the molecule is CCCOC1CCCN(CCC(C)CCBr)C1. The van der Waals surface area contributed by atoms with Gasteiger partial charge in [-0.15, -0.1) is 0 Å². The summed E-state index contributed by atoms with van der Waals surface area (Å²) in [6, 6.07) is 0. The Balaban J connectivity index is 2.15. The third-order valence-electron chi connectivity index (χ3n) is 3.56. The molecule has 2 nitrogen and oxygen atoms in total. The zero-order chi connectivity index (χ0) is 12.5. The van der Waals surface area contributed by atoms with E-state index in [1.54, 1.807) is 0 Å². The molecule has 0 spiro atoms. The molecule has 3 heteroatoms. The van der Waals surface area contributed by atoms with Crippen molar-refractivity contribution >= 4 is 15.9 Å². The smallest absolute Gasteiger partial charge is 0.0702 e. The second-order valence-corrected chi connectivity index (χ2v) is 6.10. The Bertz CT molecular complexity index is 189. The first kappa shape index (κ1) is 15.5. The van der Waals surface area contributed by atoms with E-state index in [4.69, 9.17) is 4.74 Å². The van der Waals surface area contributed by atoms with Gasteiger partial charge in [-0.1, -0.05) is 29.8 Å². The minimum absolute atomic E-state index is 0.496. The van der Waals surface area contributed by atoms with Crippen LogP contribution in [-0.4, -0.2) is 42.6 Å². The van der Waals surface area contributed by atoms with E-state index in [-0.39, 0.29) is 0 Å². The molecule has 1 aliphatic rings. The highest BCUT2D eigenvalue weighted by Crippen LogP contribution is 2.16. The Kier molecular flexibility index (Phi) is 8.50. The van der Waals surface area contributed by atoms with Gasteiger partial charge in [-0.2, -0.15) is 0 Å². The van der Waals surface area contributed by atoms with Crippen LogP contribution in [0.2, 0.25) is 0 Å². The lowest BCUT2D eigenvalue weighted by Gasteiger charge is -2.33. The molecule has 2 unspecified atom stereocenters. The first-order valence-electron chi connectivity index (χ1n) is 7.16. The molecule has 0 amide bonds. The Morgan fingerprint density at radius 1 is 1.41 bits per heavy atom. The fraction of sp³-hybridized carbons (Fsp3) is 1.00. The first-order valence-corrected chi connectivity index (χ1v) is 8.28. The van der Waals surface area contributed by atoms with E-state index in [0.717, 1.165) is 30.8 Å². The van der Waals surface area contributed by atoms with Gasteiger partial charge in [0.15, 0.2) is 0 Å². The first-order chi connectivity index (χ1) is 8.26. The number of ether oxygens (including phenoxy) is 1. The van der Waals surface area contributed by atoms with Crippen molar-refractivity contribution in [2.24, 2.45) is 5.92 Å². The second kappa shape index (κ2) is 9.35. The van der Waals surface area contributed by atoms with Crippen LogP contribution >= 0.6 is 15.9 Å². The van der Waals surface area contributed by atoms with Gasteiger partial charge in [-0.3, -0.25) is 0 Å². The van der Waals surface area contributed by atoms with E-state index in [2.05, 4.69) is 34.7 Å². The van der Waals surface area contributed by atoms with Crippen LogP contribution in [0.15, 0.2) is 0 Å². The monoisotopic (exact) mass is 305 g/mol. The molecule has 0 aromatic rings. The molecule has 1 fully saturated rings. The number of hydrogen-bond acceptors (Lipinski definition) is 2. The summed E-state index contributed by atoms with van der Waals surface area (Å²) in [5.74, 6) is 0.839. The highest BCUT2D eigenvalue weighted by atomic mass is 79.9. The lowest BCUT2D eigenvalue weighted by Crippen LogP contribution is -2.40. The molecule has 17 heavy (non-hydrogen) atoms. The molecule has 0 saturated carbocycles. The van der Waals surface area contributed by atoms with Gasteiger partial charge in [-0.25, -0.2) is 0 Å². The molecule has 2 atom stereocenters. The normalized spacial score (nSPS) is 23.8. The van der Waals surface area contributed by atoms with Crippen molar-refractivity contribution < 1.29 is 4.74 Å². The molecule has 1 rings (SSSR count). The molecule has 0 radical (unpaired) electrons. The maximum Gasteiger partial charge on any atom is 0.0702 e. The van der Waals surface area contributed by atoms with E-state index < -0.39 is 0 Å². The van der Waals surface area contributed by atoms with Crippen molar-refractivity contribution in [2.75, 3.05) is 31.6 Å². The fourth-order valence-corrected chi connectivity index (χ4v) is 3.15. The van der Waals surface area contributed by atoms with E-state index >= 15 is 0 Å². The van der Waals surface area contributed by atoms with Crippen LogP contribution in [0.4, 0.5) is 0 Å². The van der Waals surface area contributed by atoms with E-state index in [9.17, 15) is 0 Å². The van der Waals surface area contributed by atoms with Gasteiger partial charge in [0, 0.05) is 18.5 Å². The van der Waals surface area contributed by atoms with Crippen molar-refractivity contribution in [1.82, 2.24) is 4.90 Å². The molecule has 102 valence electrons. The van der Waals surface area contributed by atoms with Crippen molar-refractivity contribution in [1.29, 1.82) is 0 Å². The molecule has 0 aromatic heterocycles. The summed E-state index contributed by atoms with van der Waals surface area (Å²) >= 11 is 3.52. The second-order valence-electron chi connectivity index (χ2n) is 5.31. The van der Waals surface area contributed by atoms with Gasteiger partial charge < -0.3 is 9.64 Å². The summed E-state index contributed by atoms with van der Waals surface area (Å²) in [6.07, 6.45) is 6.82. The number of nitrogens with zero attached hydrogens (tertiary/aromatic N) is 1. The predicted molar refractivity (Wildman–Crippen MR) is 77.9 cm³/mol. The summed E-state index contributed by atoms with van der Waals surface area (Å²) in [5.41, 5.74) is 0. The molecule has 0 bridgehead atoms. The standard InChI is InChI=1S/C14H28BrNO/c1-3-11-17-14-5-4-9-16(12-14)10-7-13(2)6-8-15/h13-14H,3-12H2,1-2H3. The maximum absolute atomic E-state index is 5.87. The Labute approximate surface area is 115 Å². The molecule has 1 aliphatic heterocycles. The minimum Gasteiger partial charge on any atom is -0.377 e. The maximum atomic E-state index is 5.87. The van der Waals surface area contributed by atoms with Crippen LogP contribution < -0.4 is 0 Å². The van der Waals surface area contributed by atoms with Crippen LogP contribution in [-0.2, 0) is 4.74 Å². The summed E-state index contributed by atoms with van der Waals surface area (Å²) in [7, 11) is 0. The van der Waals surface area contributed by atoms with Gasteiger partial charge in [0.2, 0.25) is 0 Å². The van der Waals surface area contributed by atoms with Gasteiger partial charge in [-0.05, 0) is 51.1 Å². The minimum atomic E-state index is 0.496. The van der Waals surface area contributed by atoms with Crippen molar-refractivity contribution in [3.8, 4) is 0 Å². The highest BCUT2D eigenvalue weighted by Gasteiger charge is 2.20. The average molecular weight is 306 g/mol. The number of alkyl halides is 1. The highest BCUT2D eigenvalue weighted by molar-refractivity contribution is 9.09. The summed E-state index contributed by atoms with van der Waals surface area (Å²) in [4.78, 5) is 2.59. The lowest BCUT2D eigenvalue weighted by molar-refractivity contribution is -0.00111.